The van der Waals surface area contributed by atoms with Crippen molar-refractivity contribution in [3.05, 3.63) is 23.6 Å². The van der Waals surface area contributed by atoms with Crippen LogP contribution in [0.15, 0.2) is 12.3 Å². The molecule has 98 valence electrons. The molecule has 1 aromatic heterocycles. The molecule has 5 nitrogen and oxygen atoms in total. The second-order valence-corrected chi connectivity index (χ2v) is 4.12. The topological polar surface area (TPSA) is 63.2 Å². The summed E-state index contributed by atoms with van der Waals surface area (Å²) in [4.78, 5) is 15.6. The van der Waals surface area contributed by atoms with E-state index < -0.39 is 11.7 Å². The highest BCUT2D eigenvalue weighted by atomic mass is 19.1. The highest BCUT2D eigenvalue weighted by Gasteiger charge is 2.19. The van der Waals surface area contributed by atoms with Crippen molar-refractivity contribution in [1.82, 2.24) is 10.3 Å². The SMILES string of the molecule is CNc1nccc(C(=O)NCC2CCCO2)c1F. The minimum atomic E-state index is -0.634. The van der Waals surface area contributed by atoms with E-state index in [0.717, 1.165) is 19.4 Å². The van der Waals surface area contributed by atoms with Crippen molar-refractivity contribution in [3.8, 4) is 0 Å². The zero-order valence-electron chi connectivity index (χ0n) is 10.2. The molecule has 6 heteroatoms. The fourth-order valence-electron chi connectivity index (χ4n) is 1.90. The summed E-state index contributed by atoms with van der Waals surface area (Å²) in [5, 5.41) is 5.27. The molecule has 2 rings (SSSR count). The van der Waals surface area contributed by atoms with Crippen molar-refractivity contribution < 1.29 is 13.9 Å². The van der Waals surface area contributed by atoms with Gasteiger partial charge in [-0.2, -0.15) is 0 Å². The molecular weight excluding hydrogens is 237 g/mol. The lowest BCUT2D eigenvalue weighted by molar-refractivity contribution is 0.0854. The Morgan fingerprint density at radius 1 is 1.67 bits per heavy atom. The first-order valence-electron chi connectivity index (χ1n) is 5.94. The van der Waals surface area contributed by atoms with Gasteiger partial charge in [-0.3, -0.25) is 4.79 Å². The molecule has 0 aliphatic carbocycles. The highest BCUT2D eigenvalue weighted by molar-refractivity contribution is 5.95. The number of nitrogens with one attached hydrogen (secondary N) is 2. The molecule has 1 aromatic rings. The third kappa shape index (κ3) is 2.76. The molecule has 0 bridgehead atoms. The largest absolute Gasteiger partial charge is 0.376 e. The van der Waals surface area contributed by atoms with Gasteiger partial charge in [0, 0.05) is 26.4 Å². The number of hydrogen-bond donors (Lipinski definition) is 2. The van der Waals surface area contributed by atoms with Crippen LogP contribution in [0.2, 0.25) is 0 Å². The molecule has 1 saturated heterocycles. The first-order chi connectivity index (χ1) is 8.72. The number of halogens is 1. The predicted octanol–water partition coefficient (Wildman–Crippen LogP) is 1.17. The lowest BCUT2D eigenvalue weighted by Crippen LogP contribution is -2.32. The van der Waals surface area contributed by atoms with Gasteiger partial charge in [0.25, 0.3) is 5.91 Å². The summed E-state index contributed by atoms with van der Waals surface area (Å²) < 4.78 is 19.2. The summed E-state index contributed by atoms with van der Waals surface area (Å²) in [5.74, 6) is -1.01. The molecule has 1 aliphatic rings. The number of amides is 1. The van der Waals surface area contributed by atoms with Crippen LogP contribution >= 0.6 is 0 Å². The number of nitrogens with zero attached hydrogens (tertiary/aromatic N) is 1. The van der Waals surface area contributed by atoms with Gasteiger partial charge in [0.05, 0.1) is 11.7 Å². The Morgan fingerprint density at radius 2 is 2.50 bits per heavy atom. The normalized spacial score (nSPS) is 18.7. The maximum Gasteiger partial charge on any atom is 0.254 e. The monoisotopic (exact) mass is 253 g/mol. The van der Waals surface area contributed by atoms with E-state index in [4.69, 9.17) is 4.74 Å². The van der Waals surface area contributed by atoms with Crippen LogP contribution in [-0.2, 0) is 4.74 Å². The molecule has 1 atom stereocenters. The van der Waals surface area contributed by atoms with E-state index in [-0.39, 0.29) is 17.5 Å². The van der Waals surface area contributed by atoms with Crippen LogP contribution < -0.4 is 10.6 Å². The van der Waals surface area contributed by atoms with Crippen LogP contribution in [0.3, 0.4) is 0 Å². The third-order valence-corrected chi connectivity index (χ3v) is 2.88. The second kappa shape index (κ2) is 5.77. The van der Waals surface area contributed by atoms with Gasteiger partial charge >= 0.3 is 0 Å². The molecule has 2 heterocycles. The van der Waals surface area contributed by atoms with E-state index in [0.29, 0.717) is 6.54 Å². The summed E-state index contributed by atoms with van der Waals surface area (Å²) in [6.45, 7) is 1.14. The van der Waals surface area contributed by atoms with E-state index in [1.807, 2.05) is 0 Å². The molecule has 1 amide bonds. The quantitative estimate of drug-likeness (QED) is 0.845. The zero-order valence-corrected chi connectivity index (χ0v) is 10.2. The molecule has 0 aromatic carbocycles. The van der Waals surface area contributed by atoms with Crippen LogP contribution in [0.4, 0.5) is 10.2 Å². The molecule has 0 radical (unpaired) electrons. The number of ether oxygens (including phenoxy) is 1. The summed E-state index contributed by atoms with van der Waals surface area (Å²) in [5.41, 5.74) is -0.00709. The van der Waals surface area contributed by atoms with Gasteiger partial charge in [0.1, 0.15) is 0 Å². The number of rotatable bonds is 4. The van der Waals surface area contributed by atoms with Gasteiger partial charge in [0.15, 0.2) is 11.6 Å². The second-order valence-electron chi connectivity index (χ2n) is 4.12. The lowest BCUT2D eigenvalue weighted by Gasteiger charge is -2.11. The van der Waals surface area contributed by atoms with Crippen molar-refractivity contribution in [2.24, 2.45) is 0 Å². The van der Waals surface area contributed by atoms with E-state index >= 15 is 0 Å². The Bertz CT molecular complexity index is 433. The van der Waals surface area contributed by atoms with Gasteiger partial charge in [-0.15, -0.1) is 0 Å². The van der Waals surface area contributed by atoms with E-state index in [1.165, 1.54) is 12.3 Å². The number of carbonyl (C=O) groups excluding carboxylic acids is 1. The average molecular weight is 253 g/mol. The van der Waals surface area contributed by atoms with Crippen molar-refractivity contribution in [2.45, 2.75) is 18.9 Å². The van der Waals surface area contributed by atoms with Gasteiger partial charge in [0.2, 0.25) is 0 Å². The molecule has 1 aliphatic heterocycles. The third-order valence-electron chi connectivity index (χ3n) is 2.88. The fraction of sp³-hybridized carbons (Fsp3) is 0.500. The molecule has 18 heavy (non-hydrogen) atoms. The number of pyridine rings is 1. The Labute approximate surface area is 105 Å². The van der Waals surface area contributed by atoms with Crippen LogP contribution in [-0.4, -0.2) is 37.2 Å². The van der Waals surface area contributed by atoms with Crippen LogP contribution in [0.1, 0.15) is 23.2 Å². The molecule has 1 fully saturated rings. The molecule has 2 N–H and O–H groups in total. The van der Waals surface area contributed by atoms with E-state index in [2.05, 4.69) is 15.6 Å². The minimum Gasteiger partial charge on any atom is -0.376 e. The molecular formula is C12H16FN3O2. The maximum atomic E-state index is 13.8. The number of carbonyl (C=O) groups is 1. The summed E-state index contributed by atoms with van der Waals surface area (Å²) in [7, 11) is 1.56. The Balaban J connectivity index is 1.99. The van der Waals surface area contributed by atoms with Gasteiger partial charge in [-0.25, -0.2) is 9.37 Å². The lowest BCUT2D eigenvalue weighted by atomic mass is 10.2. The Morgan fingerprint density at radius 3 is 3.17 bits per heavy atom. The van der Waals surface area contributed by atoms with E-state index in [9.17, 15) is 9.18 Å². The van der Waals surface area contributed by atoms with Crippen LogP contribution in [0.5, 0.6) is 0 Å². The Kier molecular flexibility index (Phi) is 4.09. The van der Waals surface area contributed by atoms with Crippen molar-refractivity contribution in [3.63, 3.8) is 0 Å². The smallest absolute Gasteiger partial charge is 0.254 e. The highest BCUT2D eigenvalue weighted by Crippen LogP contribution is 2.15. The first kappa shape index (κ1) is 12.8. The summed E-state index contributed by atoms with van der Waals surface area (Å²) in [6.07, 6.45) is 3.38. The van der Waals surface area contributed by atoms with Gasteiger partial charge in [-0.1, -0.05) is 0 Å². The summed E-state index contributed by atoms with van der Waals surface area (Å²) in [6, 6.07) is 1.36. The number of anilines is 1. The zero-order chi connectivity index (χ0) is 13.0. The molecule has 1 unspecified atom stereocenters. The van der Waals surface area contributed by atoms with Crippen molar-refractivity contribution in [2.75, 3.05) is 25.5 Å². The average Bonchev–Trinajstić information content (AvgIpc) is 2.89. The van der Waals surface area contributed by atoms with Crippen molar-refractivity contribution >= 4 is 11.7 Å². The maximum absolute atomic E-state index is 13.8. The van der Waals surface area contributed by atoms with Gasteiger partial charge in [-0.05, 0) is 18.9 Å². The van der Waals surface area contributed by atoms with E-state index in [1.54, 1.807) is 7.05 Å². The number of hydrogen-bond acceptors (Lipinski definition) is 4. The minimum absolute atomic E-state index is 0.00709. The molecule has 0 spiro atoms. The summed E-state index contributed by atoms with van der Waals surface area (Å²) >= 11 is 0. The standard InChI is InChI=1S/C12H16FN3O2/c1-14-11-10(13)9(4-5-15-11)12(17)16-7-8-3-2-6-18-8/h4-5,8H,2-3,6-7H2,1H3,(H,14,15)(H,16,17). The molecule has 0 saturated carbocycles. The van der Waals surface area contributed by atoms with Crippen LogP contribution in [0, 0.1) is 5.82 Å². The first-order valence-corrected chi connectivity index (χ1v) is 5.94. The predicted molar refractivity (Wildman–Crippen MR) is 65.0 cm³/mol. The van der Waals surface area contributed by atoms with Gasteiger partial charge < -0.3 is 15.4 Å². The number of aromatic nitrogens is 1. The van der Waals surface area contributed by atoms with Crippen LogP contribution in [0.25, 0.3) is 0 Å². The fourth-order valence-corrected chi connectivity index (χ4v) is 1.90. The Hall–Kier alpha value is -1.69. The van der Waals surface area contributed by atoms with Crippen molar-refractivity contribution in [1.29, 1.82) is 0 Å².